The van der Waals surface area contributed by atoms with Crippen LogP contribution in [0.25, 0.3) is 10.1 Å². The Morgan fingerprint density at radius 1 is 1.11 bits per heavy atom. The molecule has 1 aliphatic rings. The summed E-state index contributed by atoms with van der Waals surface area (Å²) in [6.45, 7) is 5.89. The summed E-state index contributed by atoms with van der Waals surface area (Å²) < 4.78 is 1.44. The molecule has 2 heteroatoms. The van der Waals surface area contributed by atoms with Crippen LogP contribution in [0.1, 0.15) is 36.8 Å². The third kappa shape index (κ3) is 2.60. The van der Waals surface area contributed by atoms with Crippen LogP contribution in [-0.2, 0) is 6.54 Å². The maximum absolute atomic E-state index is 2.64. The molecule has 0 amide bonds. The van der Waals surface area contributed by atoms with E-state index in [1.807, 2.05) is 11.3 Å². The summed E-state index contributed by atoms with van der Waals surface area (Å²) in [5.74, 6) is 0. The van der Waals surface area contributed by atoms with Gasteiger partial charge in [0.25, 0.3) is 0 Å². The van der Waals surface area contributed by atoms with E-state index in [-0.39, 0.29) is 0 Å². The minimum Gasteiger partial charge on any atom is -0.299 e. The number of benzene rings is 1. The second-order valence-electron chi connectivity index (χ2n) is 5.45. The number of thiophene rings is 1. The summed E-state index contributed by atoms with van der Waals surface area (Å²) in [5, 5.41) is 3.83. The van der Waals surface area contributed by atoms with E-state index in [0.29, 0.717) is 0 Å². The number of aryl methyl sites for hydroxylation is 1. The number of hydrogen-bond donors (Lipinski definition) is 0. The summed E-state index contributed by atoms with van der Waals surface area (Å²) >= 11 is 1.89. The molecule has 2 aromatic rings. The van der Waals surface area contributed by atoms with Gasteiger partial charge in [-0.1, -0.05) is 30.5 Å². The van der Waals surface area contributed by atoms with Gasteiger partial charge in [-0.15, -0.1) is 11.3 Å². The van der Waals surface area contributed by atoms with Gasteiger partial charge in [0, 0.05) is 11.2 Å². The Kier molecular flexibility index (Phi) is 3.67. The molecule has 1 aromatic carbocycles. The summed E-state index contributed by atoms with van der Waals surface area (Å²) in [6, 6.07) is 6.83. The van der Waals surface area contributed by atoms with E-state index in [0.717, 1.165) is 6.54 Å². The molecule has 96 valence electrons. The number of rotatable bonds is 2. The normalized spacial score (nSPS) is 18.1. The quantitative estimate of drug-likeness (QED) is 0.762. The first-order valence-electron chi connectivity index (χ1n) is 7.02. The van der Waals surface area contributed by atoms with Crippen LogP contribution in [0.3, 0.4) is 0 Å². The summed E-state index contributed by atoms with van der Waals surface area (Å²) in [5.41, 5.74) is 2.90. The van der Waals surface area contributed by atoms with E-state index in [4.69, 9.17) is 0 Å². The summed E-state index contributed by atoms with van der Waals surface area (Å²) in [6.07, 6.45) is 5.59. The lowest BCUT2D eigenvalue weighted by molar-refractivity contribution is 0.278. The lowest BCUT2D eigenvalue weighted by Crippen LogP contribution is -2.23. The summed E-state index contributed by atoms with van der Waals surface area (Å²) in [7, 11) is 0. The molecule has 1 nitrogen and oxygen atoms in total. The molecule has 0 unspecified atom stereocenters. The van der Waals surface area contributed by atoms with Gasteiger partial charge in [-0.2, -0.15) is 0 Å². The van der Waals surface area contributed by atoms with Crippen LogP contribution in [0.2, 0.25) is 0 Å². The van der Waals surface area contributed by atoms with Crippen LogP contribution in [0, 0.1) is 6.92 Å². The highest BCUT2D eigenvalue weighted by atomic mass is 32.1. The maximum atomic E-state index is 2.64. The highest BCUT2D eigenvalue weighted by Gasteiger charge is 2.12. The molecular formula is C16H21NS. The largest absolute Gasteiger partial charge is 0.299 e. The smallest absolute Gasteiger partial charge is 0.0346 e. The molecule has 0 aliphatic carbocycles. The minimum absolute atomic E-state index is 1.14. The van der Waals surface area contributed by atoms with Gasteiger partial charge in [0.2, 0.25) is 0 Å². The van der Waals surface area contributed by atoms with Crippen LogP contribution in [0.4, 0.5) is 0 Å². The molecule has 2 heterocycles. The van der Waals surface area contributed by atoms with Crippen molar-refractivity contribution in [2.75, 3.05) is 13.1 Å². The molecule has 0 radical (unpaired) electrons. The van der Waals surface area contributed by atoms with E-state index < -0.39 is 0 Å². The van der Waals surface area contributed by atoms with Crippen molar-refractivity contribution in [3.05, 3.63) is 34.7 Å². The van der Waals surface area contributed by atoms with Crippen LogP contribution < -0.4 is 0 Å². The molecule has 1 saturated heterocycles. The zero-order chi connectivity index (χ0) is 12.4. The van der Waals surface area contributed by atoms with E-state index >= 15 is 0 Å². The van der Waals surface area contributed by atoms with E-state index in [1.165, 1.54) is 60.0 Å². The molecule has 0 saturated carbocycles. The Hall–Kier alpha value is -0.860. The fourth-order valence-corrected chi connectivity index (χ4v) is 3.79. The van der Waals surface area contributed by atoms with Gasteiger partial charge in [0.05, 0.1) is 0 Å². The van der Waals surface area contributed by atoms with Crippen molar-refractivity contribution in [2.24, 2.45) is 0 Å². The minimum atomic E-state index is 1.14. The Labute approximate surface area is 113 Å². The molecule has 3 rings (SSSR count). The monoisotopic (exact) mass is 259 g/mol. The molecular weight excluding hydrogens is 238 g/mol. The SMILES string of the molecule is Cc1ccc2scc(CN3CCCCCC3)c2c1. The fraction of sp³-hybridized carbons (Fsp3) is 0.500. The average molecular weight is 259 g/mol. The number of fused-ring (bicyclic) bond motifs is 1. The first-order valence-corrected chi connectivity index (χ1v) is 7.90. The van der Waals surface area contributed by atoms with E-state index in [2.05, 4.69) is 35.4 Å². The Balaban J connectivity index is 1.83. The van der Waals surface area contributed by atoms with Crippen molar-refractivity contribution in [3.63, 3.8) is 0 Å². The first kappa shape index (κ1) is 12.2. The van der Waals surface area contributed by atoms with Crippen LogP contribution in [0.15, 0.2) is 23.6 Å². The summed E-state index contributed by atoms with van der Waals surface area (Å²) in [4.78, 5) is 2.64. The predicted molar refractivity (Wildman–Crippen MR) is 80.3 cm³/mol. The molecule has 0 spiro atoms. The van der Waals surface area contributed by atoms with Gasteiger partial charge in [0.1, 0.15) is 0 Å². The maximum Gasteiger partial charge on any atom is 0.0346 e. The average Bonchev–Trinajstić information content (AvgIpc) is 2.60. The zero-order valence-corrected chi connectivity index (χ0v) is 11.9. The number of nitrogens with zero attached hydrogens (tertiary/aromatic N) is 1. The highest BCUT2D eigenvalue weighted by Crippen LogP contribution is 2.28. The topological polar surface area (TPSA) is 3.24 Å². The van der Waals surface area contributed by atoms with Crippen molar-refractivity contribution < 1.29 is 0 Å². The molecule has 1 fully saturated rings. The fourth-order valence-electron chi connectivity index (χ4n) is 2.85. The lowest BCUT2D eigenvalue weighted by atomic mass is 10.1. The molecule has 0 bridgehead atoms. The predicted octanol–water partition coefficient (Wildman–Crippen LogP) is 4.59. The molecule has 1 aromatic heterocycles. The van der Waals surface area contributed by atoms with E-state index in [1.54, 1.807) is 0 Å². The Morgan fingerprint density at radius 3 is 2.67 bits per heavy atom. The second-order valence-corrected chi connectivity index (χ2v) is 6.36. The van der Waals surface area contributed by atoms with Crippen molar-refractivity contribution in [1.82, 2.24) is 4.90 Å². The van der Waals surface area contributed by atoms with Gasteiger partial charge in [0.15, 0.2) is 0 Å². The Bertz CT molecular complexity index is 521. The van der Waals surface area contributed by atoms with Crippen LogP contribution in [0.5, 0.6) is 0 Å². The molecule has 1 aliphatic heterocycles. The zero-order valence-electron chi connectivity index (χ0n) is 11.1. The van der Waals surface area contributed by atoms with Gasteiger partial charge < -0.3 is 0 Å². The number of likely N-dealkylation sites (tertiary alicyclic amines) is 1. The highest BCUT2D eigenvalue weighted by molar-refractivity contribution is 7.17. The van der Waals surface area contributed by atoms with Gasteiger partial charge in [-0.25, -0.2) is 0 Å². The van der Waals surface area contributed by atoms with Crippen LogP contribution >= 0.6 is 11.3 Å². The van der Waals surface area contributed by atoms with Crippen molar-refractivity contribution >= 4 is 21.4 Å². The van der Waals surface area contributed by atoms with Gasteiger partial charge >= 0.3 is 0 Å². The first-order chi connectivity index (χ1) is 8.83. The van der Waals surface area contributed by atoms with E-state index in [9.17, 15) is 0 Å². The standard InChI is InChI=1S/C16H21NS/c1-13-6-7-16-15(10-13)14(12-18-16)11-17-8-4-2-3-5-9-17/h6-7,10,12H,2-5,8-9,11H2,1H3. The third-order valence-electron chi connectivity index (χ3n) is 3.90. The Morgan fingerprint density at radius 2 is 1.89 bits per heavy atom. The molecule has 0 atom stereocenters. The van der Waals surface area contributed by atoms with Crippen molar-refractivity contribution in [3.8, 4) is 0 Å². The molecule has 18 heavy (non-hydrogen) atoms. The molecule has 0 N–H and O–H groups in total. The van der Waals surface area contributed by atoms with Crippen LogP contribution in [-0.4, -0.2) is 18.0 Å². The number of hydrogen-bond acceptors (Lipinski definition) is 2. The van der Waals surface area contributed by atoms with Crippen molar-refractivity contribution in [2.45, 2.75) is 39.2 Å². The van der Waals surface area contributed by atoms with Crippen molar-refractivity contribution in [1.29, 1.82) is 0 Å². The second kappa shape index (κ2) is 5.41. The lowest BCUT2D eigenvalue weighted by Gasteiger charge is -2.19. The van der Waals surface area contributed by atoms with Gasteiger partial charge in [-0.05, 0) is 55.3 Å². The third-order valence-corrected chi connectivity index (χ3v) is 4.91. The van der Waals surface area contributed by atoms with Gasteiger partial charge in [-0.3, -0.25) is 4.90 Å².